The van der Waals surface area contributed by atoms with E-state index in [1.165, 1.54) is 17.3 Å². The molecule has 0 radical (unpaired) electrons. The fourth-order valence-corrected chi connectivity index (χ4v) is 2.30. The van der Waals surface area contributed by atoms with E-state index in [9.17, 15) is 0 Å². The van der Waals surface area contributed by atoms with Crippen LogP contribution in [0.1, 0.15) is 18.5 Å². The molecule has 1 aromatic heterocycles. The molecule has 0 saturated heterocycles. The van der Waals surface area contributed by atoms with Gasteiger partial charge in [-0.2, -0.15) is 0 Å². The summed E-state index contributed by atoms with van der Waals surface area (Å²) in [6.45, 7) is 2.10. The van der Waals surface area contributed by atoms with Crippen molar-refractivity contribution in [3.63, 3.8) is 0 Å². The Bertz CT molecular complexity index is 566. The summed E-state index contributed by atoms with van der Waals surface area (Å²) in [7, 11) is 3.52. The van der Waals surface area contributed by atoms with Gasteiger partial charge in [-0.1, -0.05) is 23.9 Å². The monoisotopic (exact) mass is 304 g/mol. The molecule has 0 aliphatic carbocycles. The summed E-state index contributed by atoms with van der Waals surface area (Å²) in [6, 6.07) is 10.1. The van der Waals surface area contributed by atoms with E-state index in [-0.39, 0.29) is 6.04 Å². The van der Waals surface area contributed by atoms with Crippen LogP contribution in [0.3, 0.4) is 0 Å². The second-order valence-electron chi connectivity index (χ2n) is 4.51. The van der Waals surface area contributed by atoms with Crippen LogP contribution < -0.4 is 15.4 Å². The highest BCUT2D eigenvalue weighted by molar-refractivity contribution is 7.98. The van der Waals surface area contributed by atoms with Crippen molar-refractivity contribution in [1.82, 2.24) is 9.97 Å². The first-order chi connectivity index (χ1) is 10.2. The minimum atomic E-state index is 0.144. The van der Waals surface area contributed by atoms with Crippen molar-refractivity contribution < 1.29 is 4.74 Å². The first-order valence-corrected chi connectivity index (χ1v) is 7.90. The van der Waals surface area contributed by atoms with E-state index >= 15 is 0 Å². The summed E-state index contributed by atoms with van der Waals surface area (Å²) in [6.07, 6.45) is 1.96. The quantitative estimate of drug-likeness (QED) is 0.630. The number of hydrogen-bond donors (Lipinski definition) is 2. The van der Waals surface area contributed by atoms with E-state index in [1.807, 2.05) is 43.6 Å². The van der Waals surface area contributed by atoms with Crippen molar-refractivity contribution in [2.24, 2.45) is 0 Å². The Labute approximate surface area is 129 Å². The van der Waals surface area contributed by atoms with Gasteiger partial charge in [-0.15, -0.1) is 0 Å². The predicted molar refractivity (Wildman–Crippen MR) is 88.4 cm³/mol. The van der Waals surface area contributed by atoms with Crippen LogP contribution in [0.5, 0.6) is 5.75 Å². The lowest BCUT2D eigenvalue weighted by Gasteiger charge is -2.16. The SMILES string of the molecule is CNc1cc(NC(C)c2ccc(OC)cc2)nc(SC)n1. The van der Waals surface area contributed by atoms with E-state index in [0.717, 1.165) is 22.5 Å². The largest absolute Gasteiger partial charge is 0.497 e. The van der Waals surface area contributed by atoms with E-state index < -0.39 is 0 Å². The Balaban J connectivity index is 2.15. The summed E-state index contributed by atoms with van der Waals surface area (Å²) < 4.78 is 5.18. The second kappa shape index (κ2) is 7.17. The third kappa shape index (κ3) is 4.01. The smallest absolute Gasteiger partial charge is 0.191 e. The fourth-order valence-electron chi connectivity index (χ4n) is 1.92. The zero-order chi connectivity index (χ0) is 15.2. The van der Waals surface area contributed by atoms with Gasteiger partial charge in [0.2, 0.25) is 0 Å². The highest BCUT2D eigenvalue weighted by Crippen LogP contribution is 2.23. The number of thioether (sulfide) groups is 1. The van der Waals surface area contributed by atoms with Gasteiger partial charge in [-0.05, 0) is 30.9 Å². The van der Waals surface area contributed by atoms with Crippen LogP contribution in [0.4, 0.5) is 11.6 Å². The number of aromatic nitrogens is 2. The average Bonchev–Trinajstić information content (AvgIpc) is 2.54. The summed E-state index contributed by atoms with van der Waals surface area (Å²) in [5.41, 5.74) is 1.17. The molecule has 0 saturated carbocycles. The zero-order valence-electron chi connectivity index (χ0n) is 12.7. The summed E-state index contributed by atoms with van der Waals surface area (Å²) in [5.74, 6) is 2.47. The van der Waals surface area contributed by atoms with Gasteiger partial charge in [0.15, 0.2) is 5.16 Å². The maximum absolute atomic E-state index is 5.18. The van der Waals surface area contributed by atoms with Gasteiger partial charge in [0.1, 0.15) is 17.4 Å². The molecule has 2 aromatic rings. The first kappa shape index (κ1) is 15.4. The molecular formula is C15H20N4OS. The molecule has 1 unspecified atom stereocenters. The van der Waals surface area contributed by atoms with Crippen LogP contribution in [-0.4, -0.2) is 30.4 Å². The van der Waals surface area contributed by atoms with Crippen LogP contribution in [-0.2, 0) is 0 Å². The average molecular weight is 304 g/mol. The highest BCUT2D eigenvalue weighted by atomic mass is 32.2. The number of ether oxygens (including phenoxy) is 1. The van der Waals surface area contributed by atoms with Crippen LogP contribution in [0.25, 0.3) is 0 Å². The summed E-state index contributed by atoms with van der Waals surface area (Å²) in [5, 5.41) is 7.19. The Morgan fingerprint density at radius 3 is 2.38 bits per heavy atom. The third-order valence-electron chi connectivity index (χ3n) is 3.12. The molecule has 21 heavy (non-hydrogen) atoms. The molecule has 5 nitrogen and oxygen atoms in total. The van der Waals surface area contributed by atoms with Crippen molar-refractivity contribution in [1.29, 1.82) is 0 Å². The van der Waals surface area contributed by atoms with Crippen molar-refractivity contribution in [3.05, 3.63) is 35.9 Å². The fraction of sp³-hybridized carbons (Fsp3) is 0.333. The van der Waals surface area contributed by atoms with Crippen molar-refractivity contribution in [2.45, 2.75) is 18.1 Å². The highest BCUT2D eigenvalue weighted by Gasteiger charge is 2.09. The minimum absolute atomic E-state index is 0.144. The molecule has 0 aliphatic heterocycles. The van der Waals surface area contributed by atoms with E-state index in [0.29, 0.717) is 0 Å². The van der Waals surface area contributed by atoms with E-state index in [1.54, 1.807) is 7.11 Å². The third-order valence-corrected chi connectivity index (χ3v) is 3.67. The molecule has 0 aliphatic rings. The van der Waals surface area contributed by atoms with Gasteiger partial charge in [-0.3, -0.25) is 0 Å². The molecule has 6 heteroatoms. The number of methoxy groups -OCH3 is 1. The molecule has 0 spiro atoms. The van der Waals surface area contributed by atoms with Crippen LogP contribution in [0, 0.1) is 0 Å². The molecule has 0 fully saturated rings. The lowest BCUT2D eigenvalue weighted by atomic mass is 10.1. The van der Waals surface area contributed by atoms with Gasteiger partial charge in [0, 0.05) is 19.2 Å². The topological polar surface area (TPSA) is 59.1 Å². The minimum Gasteiger partial charge on any atom is -0.497 e. The Morgan fingerprint density at radius 1 is 1.14 bits per heavy atom. The van der Waals surface area contributed by atoms with Gasteiger partial charge in [0.25, 0.3) is 0 Å². The lowest BCUT2D eigenvalue weighted by molar-refractivity contribution is 0.414. The van der Waals surface area contributed by atoms with Crippen molar-refractivity contribution >= 4 is 23.4 Å². The number of nitrogens with zero attached hydrogens (tertiary/aromatic N) is 2. The number of anilines is 2. The standard InChI is InChI=1S/C15H20N4OS/c1-10(11-5-7-12(20-3)8-6-11)17-14-9-13(16-2)18-15(19-14)21-4/h5-10H,1-4H3,(H2,16,17,18,19). The molecule has 1 heterocycles. The molecule has 0 bridgehead atoms. The lowest BCUT2D eigenvalue weighted by Crippen LogP contribution is -2.09. The molecule has 1 aromatic carbocycles. The Morgan fingerprint density at radius 2 is 1.81 bits per heavy atom. The molecule has 1 atom stereocenters. The van der Waals surface area contributed by atoms with Crippen molar-refractivity contribution in [3.8, 4) is 5.75 Å². The molecular weight excluding hydrogens is 284 g/mol. The predicted octanol–water partition coefficient (Wildman–Crippen LogP) is 3.42. The van der Waals surface area contributed by atoms with Gasteiger partial charge < -0.3 is 15.4 Å². The first-order valence-electron chi connectivity index (χ1n) is 6.67. The van der Waals surface area contributed by atoms with Crippen molar-refractivity contribution in [2.75, 3.05) is 31.0 Å². The van der Waals surface area contributed by atoms with Crippen LogP contribution >= 0.6 is 11.8 Å². The maximum atomic E-state index is 5.18. The molecule has 2 rings (SSSR count). The molecule has 0 amide bonds. The molecule has 2 N–H and O–H groups in total. The zero-order valence-corrected chi connectivity index (χ0v) is 13.5. The number of rotatable bonds is 6. The number of nitrogens with one attached hydrogen (secondary N) is 2. The molecule has 112 valence electrons. The summed E-state index contributed by atoms with van der Waals surface area (Å²) in [4.78, 5) is 8.83. The summed E-state index contributed by atoms with van der Waals surface area (Å²) >= 11 is 1.52. The number of hydrogen-bond acceptors (Lipinski definition) is 6. The van der Waals surface area contributed by atoms with E-state index in [2.05, 4.69) is 27.5 Å². The van der Waals surface area contributed by atoms with Crippen LogP contribution in [0.2, 0.25) is 0 Å². The van der Waals surface area contributed by atoms with Crippen LogP contribution in [0.15, 0.2) is 35.5 Å². The Kier molecular flexibility index (Phi) is 5.27. The van der Waals surface area contributed by atoms with Gasteiger partial charge in [-0.25, -0.2) is 9.97 Å². The second-order valence-corrected chi connectivity index (χ2v) is 5.29. The van der Waals surface area contributed by atoms with Gasteiger partial charge in [0.05, 0.1) is 7.11 Å². The van der Waals surface area contributed by atoms with Gasteiger partial charge >= 0.3 is 0 Å². The Hall–Kier alpha value is -1.95. The van der Waals surface area contributed by atoms with E-state index in [4.69, 9.17) is 4.74 Å². The number of benzene rings is 1. The normalized spacial score (nSPS) is 11.8. The maximum Gasteiger partial charge on any atom is 0.191 e.